The lowest BCUT2D eigenvalue weighted by atomic mass is 10.1. The number of hydrogen-bond acceptors (Lipinski definition) is 4. The minimum absolute atomic E-state index is 0.290. The second-order valence-electron chi connectivity index (χ2n) is 5.12. The Morgan fingerprint density at radius 1 is 1.26 bits per heavy atom. The number of imidazole rings is 1. The number of nitrogens with one attached hydrogen (secondary N) is 1. The first-order valence-electron chi connectivity index (χ1n) is 7.21. The van der Waals surface area contributed by atoms with E-state index in [1.54, 1.807) is 19.1 Å². The maximum Gasteiger partial charge on any atom is 0.276 e. The fourth-order valence-electron chi connectivity index (χ4n) is 2.48. The van der Waals surface area contributed by atoms with Gasteiger partial charge in [0.05, 0.1) is 11.6 Å². The largest absolute Gasteiger partial charge is 0.389 e. The molecule has 5 nitrogen and oxygen atoms in total. The fraction of sp³-hybridized carbons (Fsp3) is 0.176. The van der Waals surface area contributed by atoms with Crippen molar-refractivity contribution < 1.29 is 9.90 Å². The van der Waals surface area contributed by atoms with Crippen LogP contribution in [0.1, 0.15) is 29.1 Å². The SMILES string of the molecule is CSc1nc(C(=O)Nc2ccccc2C(C)O)c2ccccn12. The van der Waals surface area contributed by atoms with Gasteiger partial charge in [-0.05, 0) is 31.4 Å². The normalized spacial score (nSPS) is 12.3. The first-order chi connectivity index (χ1) is 11.1. The summed E-state index contributed by atoms with van der Waals surface area (Å²) in [6, 6.07) is 12.9. The second-order valence-corrected chi connectivity index (χ2v) is 5.89. The van der Waals surface area contributed by atoms with E-state index in [1.165, 1.54) is 11.8 Å². The van der Waals surface area contributed by atoms with Gasteiger partial charge in [-0.2, -0.15) is 0 Å². The summed E-state index contributed by atoms with van der Waals surface area (Å²) in [6.07, 6.45) is 3.15. The molecule has 0 spiro atoms. The van der Waals surface area contributed by atoms with E-state index < -0.39 is 6.10 Å². The molecule has 23 heavy (non-hydrogen) atoms. The molecule has 0 aliphatic carbocycles. The quantitative estimate of drug-likeness (QED) is 0.721. The summed E-state index contributed by atoms with van der Waals surface area (Å²) >= 11 is 1.48. The number of pyridine rings is 1. The number of aliphatic hydroxyl groups excluding tert-OH is 1. The van der Waals surface area contributed by atoms with Crippen LogP contribution in [0.5, 0.6) is 0 Å². The number of para-hydroxylation sites is 1. The van der Waals surface area contributed by atoms with Gasteiger partial charge in [0, 0.05) is 17.4 Å². The molecule has 3 rings (SSSR count). The molecule has 0 aliphatic heterocycles. The van der Waals surface area contributed by atoms with Crippen LogP contribution in [-0.2, 0) is 0 Å². The number of carbonyl (C=O) groups excluding carboxylic acids is 1. The van der Waals surface area contributed by atoms with Crippen LogP contribution in [-0.4, -0.2) is 26.7 Å². The van der Waals surface area contributed by atoms with Crippen LogP contribution in [0.15, 0.2) is 53.8 Å². The zero-order valence-electron chi connectivity index (χ0n) is 12.9. The Hall–Kier alpha value is -2.31. The van der Waals surface area contributed by atoms with Crippen molar-refractivity contribution in [1.82, 2.24) is 9.38 Å². The Labute approximate surface area is 138 Å². The Kier molecular flexibility index (Phi) is 4.36. The number of carbonyl (C=O) groups is 1. The van der Waals surface area contributed by atoms with Gasteiger partial charge in [-0.15, -0.1) is 0 Å². The summed E-state index contributed by atoms with van der Waals surface area (Å²) in [5, 5.41) is 13.4. The third-order valence-corrected chi connectivity index (χ3v) is 4.23. The number of amides is 1. The first kappa shape index (κ1) is 15.6. The number of nitrogens with zero attached hydrogens (tertiary/aromatic N) is 2. The molecule has 1 amide bonds. The summed E-state index contributed by atoms with van der Waals surface area (Å²) in [5.74, 6) is -0.290. The summed E-state index contributed by atoms with van der Waals surface area (Å²) in [7, 11) is 0. The van der Waals surface area contributed by atoms with E-state index in [9.17, 15) is 9.90 Å². The van der Waals surface area contributed by atoms with Crippen LogP contribution < -0.4 is 5.32 Å². The Bertz CT molecular complexity index is 858. The predicted octanol–water partition coefficient (Wildman–Crippen LogP) is 3.36. The number of benzene rings is 1. The lowest BCUT2D eigenvalue weighted by Gasteiger charge is -2.12. The van der Waals surface area contributed by atoms with Gasteiger partial charge in [-0.25, -0.2) is 4.98 Å². The average molecular weight is 327 g/mol. The number of aromatic nitrogens is 2. The van der Waals surface area contributed by atoms with Crippen LogP contribution in [0.3, 0.4) is 0 Å². The van der Waals surface area contributed by atoms with Crippen LogP contribution in [0.2, 0.25) is 0 Å². The molecular weight excluding hydrogens is 310 g/mol. The number of hydrogen-bond donors (Lipinski definition) is 2. The second kappa shape index (κ2) is 6.44. The molecule has 0 radical (unpaired) electrons. The maximum atomic E-state index is 12.7. The average Bonchev–Trinajstić information content (AvgIpc) is 2.94. The summed E-state index contributed by atoms with van der Waals surface area (Å²) in [6.45, 7) is 1.67. The molecule has 1 atom stereocenters. The highest BCUT2D eigenvalue weighted by Crippen LogP contribution is 2.24. The molecular formula is C17H17N3O2S. The lowest BCUT2D eigenvalue weighted by molar-refractivity contribution is 0.102. The summed E-state index contributed by atoms with van der Waals surface area (Å²) in [4.78, 5) is 17.1. The van der Waals surface area contributed by atoms with E-state index in [1.807, 2.05) is 47.2 Å². The Morgan fingerprint density at radius 2 is 2.00 bits per heavy atom. The Morgan fingerprint density at radius 3 is 2.74 bits per heavy atom. The van der Waals surface area contributed by atoms with Crippen molar-refractivity contribution in [2.45, 2.75) is 18.2 Å². The highest BCUT2D eigenvalue weighted by atomic mass is 32.2. The lowest BCUT2D eigenvalue weighted by Crippen LogP contribution is -2.14. The van der Waals surface area contributed by atoms with E-state index in [0.717, 1.165) is 10.7 Å². The molecule has 0 bridgehead atoms. The van der Waals surface area contributed by atoms with Gasteiger partial charge in [0.2, 0.25) is 0 Å². The predicted molar refractivity (Wildman–Crippen MR) is 92.0 cm³/mol. The highest BCUT2D eigenvalue weighted by molar-refractivity contribution is 7.98. The van der Waals surface area contributed by atoms with Crippen molar-refractivity contribution >= 4 is 28.9 Å². The summed E-state index contributed by atoms with van der Waals surface area (Å²) < 4.78 is 1.89. The molecule has 0 aliphatic rings. The minimum Gasteiger partial charge on any atom is -0.389 e. The van der Waals surface area contributed by atoms with Crippen LogP contribution in [0.4, 0.5) is 5.69 Å². The zero-order chi connectivity index (χ0) is 16.4. The number of fused-ring (bicyclic) bond motifs is 1. The number of aliphatic hydroxyl groups is 1. The van der Waals surface area contributed by atoms with Gasteiger partial charge in [-0.1, -0.05) is 36.0 Å². The topological polar surface area (TPSA) is 66.6 Å². The van der Waals surface area contributed by atoms with E-state index in [-0.39, 0.29) is 5.91 Å². The summed E-state index contributed by atoms with van der Waals surface area (Å²) in [5.41, 5.74) is 2.39. The third kappa shape index (κ3) is 2.95. The van der Waals surface area contributed by atoms with Gasteiger partial charge >= 0.3 is 0 Å². The Balaban J connectivity index is 1.99. The molecule has 2 aromatic heterocycles. The van der Waals surface area contributed by atoms with Crippen LogP contribution in [0, 0.1) is 0 Å². The molecule has 3 aromatic rings. The van der Waals surface area contributed by atoms with Crippen molar-refractivity contribution in [2.24, 2.45) is 0 Å². The monoisotopic (exact) mass is 327 g/mol. The maximum absolute atomic E-state index is 12.7. The van der Waals surface area contributed by atoms with Crippen LogP contribution >= 0.6 is 11.8 Å². The van der Waals surface area contributed by atoms with Crippen molar-refractivity contribution in [2.75, 3.05) is 11.6 Å². The van der Waals surface area contributed by atoms with E-state index >= 15 is 0 Å². The zero-order valence-corrected chi connectivity index (χ0v) is 13.7. The molecule has 0 saturated carbocycles. The molecule has 118 valence electrons. The van der Waals surface area contributed by atoms with E-state index in [2.05, 4.69) is 10.3 Å². The first-order valence-corrected chi connectivity index (χ1v) is 8.43. The van der Waals surface area contributed by atoms with Gasteiger partial charge in [-0.3, -0.25) is 9.20 Å². The van der Waals surface area contributed by atoms with Crippen molar-refractivity contribution in [1.29, 1.82) is 0 Å². The number of anilines is 1. The van der Waals surface area contributed by atoms with E-state index in [4.69, 9.17) is 0 Å². The molecule has 1 aromatic carbocycles. The number of rotatable bonds is 4. The minimum atomic E-state index is -0.660. The molecule has 2 N–H and O–H groups in total. The van der Waals surface area contributed by atoms with Crippen molar-refractivity contribution in [3.63, 3.8) is 0 Å². The highest BCUT2D eigenvalue weighted by Gasteiger charge is 2.18. The molecule has 2 heterocycles. The van der Waals surface area contributed by atoms with Crippen molar-refractivity contribution in [3.05, 3.63) is 59.9 Å². The molecule has 0 saturated heterocycles. The standard InChI is InChI=1S/C17H17N3O2S/c1-11(21)12-7-3-4-8-13(12)18-16(22)15-14-9-5-6-10-20(14)17(19-15)23-2/h3-11,21H,1-2H3,(H,18,22). The van der Waals surface area contributed by atoms with E-state index in [0.29, 0.717) is 16.9 Å². The van der Waals surface area contributed by atoms with Crippen molar-refractivity contribution in [3.8, 4) is 0 Å². The van der Waals surface area contributed by atoms with Gasteiger partial charge in [0.25, 0.3) is 5.91 Å². The number of thioether (sulfide) groups is 1. The third-order valence-electron chi connectivity index (χ3n) is 3.57. The molecule has 0 fully saturated rings. The molecule has 6 heteroatoms. The van der Waals surface area contributed by atoms with Gasteiger partial charge in [0.1, 0.15) is 0 Å². The fourth-order valence-corrected chi connectivity index (χ4v) is 3.02. The smallest absolute Gasteiger partial charge is 0.276 e. The van der Waals surface area contributed by atoms with Gasteiger partial charge in [0.15, 0.2) is 10.9 Å². The molecule has 1 unspecified atom stereocenters. The van der Waals surface area contributed by atoms with Gasteiger partial charge < -0.3 is 10.4 Å². The van der Waals surface area contributed by atoms with Crippen LogP contribution in [0.25, 0.3) is 5.52 Å².